The summed E-state index contributed by atoms with van der Waals surface area (Å²) in [5.41, 5.74) is 0.425. The second-order valence-electron chi connectivity index (χ2n) is 7.53. The highest BCUT2D eigenvalue weighted by Crippen LogP contribution is 2.41. The van der Waals surface area contributed by atoms with Gasteiger partial charge in [0.2, 0.25) is 5.75 Å². The molecule has 0 saturated carbocycles. The van der Waals surface area contributed by atoms with Crippen LogP contribution in [-0.2, 0) is 27.3 Å². The molecule has 2 aromatic carbocycles. The van der Waals surface area contributed by atoms with Crippen LogP contribution in [0.5, 0.6) is 17.2 Å². The molecule has 0 N–H and O–H groups in total. The fourth-order valence-corrected chi connectivity index (χ4v) is 4.18. The van der Waals surface area contributed by atoms with Crippen LogP contribution in [0.15, 0.2) is 42.5 Å². The molecule has 1 heterocycles. The molecule has 8 nitrogen and oxygen atoms in total. The van der Waals surface area contributed by atoms with E-state index in [0.717, 1.165) is 11.1 Å². The predicted octanol–water partition coefficient (Wildman–Crippen LogP) is 3.60. The van der Waals surface area contributed by atoms with E-state index < -0.39 is 17.6 Å². The Morgan fingerprint density at radius 3 is 2.16 bits per heavy atom. The van der Waals surface area contributed by atoms with Crippen LogP contribution >= 0.6 is 0 Å². The van der Waals surface area contributed by atoms with Gasteiger partial charge in [0.1, 0.15) is 12.1 Å². The van der Waals surface area contributed by atoms with E-state index in [1.807, 2.05) is 30.3 Å². The summed E-state index contributed by atoms with van der Waals surface area (Å²) >= 11 is 0. The first-order valence-electron chi connectivity index (χ1n) is 10.3. The Bertz CT molecular complexity index is 922. The maximum absolute atomic E-state index is 13.0. The molecular formula is C24H29NO7. The topological polar surface area (TPSA) is 83.5 Å². The van der Waals surface area contributed by atoms with Gasteiger partial charge >= 0.3 is 12.1 Å². The molecule has 1 unspecified atom stereocenters. The Labute approximate surface area is 188 Å². The van der Waals surface area contributed by atoms with E-state index in [2.05, 4.69) is 0 Å². The molecule has 1 amide bonds. The van der Waals surface area contributed by atoms with E-state index in [1.165, 1.54) is 33.3 Å². The Balaban J connectivity index is 1.90. The zero-order valence-electron chi connectivity index (χ0n) is 18.9. The first-order valence-corrected chi connectivity index (χ1v) is 10.3. The lowest BCUT2D eigenvalue weighted by Gasteiger charge is -2.35. The van der Waals surface area contributed by atoms with E-state index in [4.69, 9.17) is 23.7 Å². The number of carbonyl (C=O) groups is 2. The molecule has 1 saturated heterocycles. The molecule has 1 fully saturated rings. The first kappa shape index (κ1) is 23.2. The zero-order chi connectivity index (χ0) is 23.1. The van der Waals surface area contributed by atoms with Gasteiger partial charge in [0.25, 0.3) is 0 Å². The summed E-state index contributed by atoms with van der Waals surface area (Å²) in [4.78, 5) is 27.5. The van der Waals surface area contributed by atoms with Gasteiger partial charge in [-0.3, -0.25) is 4.90 Å². The second kappa shape index (κ2) is 10.3. The predicted molar refractivity (Wildman–Crippen MR) is 117 cm³/mol. The monoisotopic (exact) mass is 443 g/mol. The molecule has 0 radical (unpaired) electrons. The van der Waals surface area contributed by atoms with Gasteiger partial charge in [0.05, 0.1) is 28.4 Å². The number of hydrogen-bond acceptors (Lipinski definition) is 7. The third-order valence-electron chi connectivity index (χ3n) is 5.70. The summed E-state index contributed by atoms with van der Waals surface area (Å²) in [5, 5.41) is 0. The van der Waals surface area contributed by atoms with Crippen molar-refractivity contribution < 1.29 is 33.3 Å². The molecule has 1 aliphatic rings. The number of benzene rings is 2. The van der Waals surface area contributed by atoms with Crippen molar-refractivity contribution in [2.45, 2.75) is 31.4 Å². The van der Waals surface area contributed by atoms with Crippen LogP contribution in [0.4, 0.5) is 4.79 Å². The molecular weight excluding hydrogens is 414 g/mol. The molecule has 0 aliphatic carbocycles. The number of likely N-dealkylation sites (tertiary alicyclic amines) is 1. The van der Waals surface area contributed by atoms with Gasteiger partial charge in [-0.1, -0.05) is 30.3 Å². The van der Waals surface area contributed by atoms with Crippen LogP contribution in [0.25, 0.3) is 0 Å². The number of nitrogens with zero attached hydrogens (tertiary/aromatic N) is 1. The van der Waals surface area contributed by atoms with Crippen LogP contribution in [0, 0.1) is 0 Å². The van der Waals surface area contributed by atoms with Crippen molar-refractivity contribution in [3.05, 3.63) is 53.6 Å². The smallest absolute Gasteiger partial charge is 0.411 e. The Hall–Kier alpha value is -3.42. The molecule has 8 heteroatoms. The van der Waals surface area contributed by atoms with Crippen molar-refractivity contribution >= 4 is 12.1 Å². The van der Waals surface area contributed by atoms with Gasteiger partial charge in [-0.25, -0.2) is 9.59 Å². The third kappa shape index (κ3) is 4.59. The maximum Gasteiger partial charge on any atom is 0.411 e. The second-order valence-corrected chi connectivity index (χ2v) is 7.53. The first-order chi connectivity index (χ1) is 15.5. The minimum absolute atomic E-state index is 0.123. The van der Waals surface area contributed by atoms with E-state index in [0.29, 0.717) is 36.6 Å². The third-order valence-corrected chi connectivity index (χ3v) is 5.70. The number of hydrogen-bond donors (Lipinski definition) is 0. The zero-order valence-corrected chi connectivity index (χ0v) is 18.9. The lowest BCUT2D eigenvalue weighted by Crippen LogP contribution is -2.55. The summed E-state index contributed by atoms with van der Waals surface area (Å²) < 4.78 is 26.9. The molecule has 32 heavy (non-hydrogen) atoms. The average Bonchev–Trinajstić information content (AvgIpc) is 3.26. The van der Waals surface area contributed by atoms with Gasteiger partial charge in [-0.15, -0.1) is 0 Å². The van der Waals surface area contributed by atoms with Crippen molar-refractivity contribution in [3.8, 4) is 17.2 Å². The van der Waals surface area contributed by atoms with E-state index in [9.17, 15) is 9.59 Å². The lowest BCUT2D eigenvalue weighted by molar-refractivity contribution is -0.152. The summed E-state index contributed by atoms with van der Waals surface area (Å²) in [5.74, 6) is 0.910. The molecule has 0 spiro atoms. The highest BCUT2D eigenvalue weighted by atomic mass is 16.6. The minimum Gasteiger partial charge on any atom is -0.493 e. The SMILES string of the molecule is COC(=O)C1(Cc2cc(OC)c(OC)c(OC)c2)CCCN1C(=O)OCc1ccccc1. The van der Waals surface area contributed by atoms with Crippen LogP contribution in [-0.4, -0.2) is 57.5 Å². The van der Waals surface area contributed by atoms with Crippen LogP contribution in [0.2, 0.25) is 0 Å². The van der Waals surface area contributed by atoms with Crippen molar-refractivity contribution in [2.75, 3.05) is 35.0 Å². The molecule has 0 bridgehead atoms. The average molecular weight is 443 g/mol. The maximum atomic E-state index is 13.0. The van der Waals surface area contributed by atoms with Crippen molar-refractivity contribution in [3.63, 3.8) is 0 Å². The van der Waals surface area contributed by atoms with Crippen molar-refractivity contribution in [1.82, 2.24) is 4.90 Å². The molecule has 3 rings (SSSR count). The molecule has 2 aromatic rings. The Morgan fingerprint density at radius 1 is 0.938 bits per heavy atom. The number of methoxy groups -OCH3 is 4. The Morgan fingerprint density at radius 2 is 1.59 bits per heavy atom. The van der Waals surface area contributed by atoms with Crippen molar-refractivity contribution in [1.29, 1.82) is 0 Å². The van der Waals surface area contributed by atoms with Crippen LogP contribution < -0.4 is 14.2 Å². The van der Waals surface area contributed by atoms with Gasteiger partial charge < -0.3 is 23.7 Å². The molecule has 1 atom stereocenters. The largest absolute Gasteiger partial charge is 0.493 e. The number of esters is 1. The quantitative estimate of drug-likeness (QED) is 0.577. The van der Waals surface area contributed by atoms with Crippen LogP contribution in [0.3, 0.4) is 0 Å². The molecule has 0 aromatic heterocycles. The number of ether oxygens (including phenoxy) is 5. The summed E-state index contributed by atoms with van der Waals surface area (Å²) in [6.45, 7) is 0.519. The van der Waals surface area contributed by atoms with Gasteiger partial charge in [0.15, 0.2) is 11.5 Å². The molecule has 1 aliphatic heterocycles. The van der Waals surface area contributed by atoms with E-state index in [-0.39, 0.29) is 13.0 Å². The Kier molecular flexibility index (Phi) is 7.45. The standard InChI is InChI=1S/C24H29NO7/c1-28-19-13-18(14-20(29-2)21(19)30-3)15-24(22(26)31-4)11-8-12-25(24)23(27)32-16-17-9-6-5-7-10-17/h5-7,9-10,13-14H,8,11-12,15-16H2,1-4H3. The number of carbonyl (C=O) groups excluding carboxylic acids is 2. The van der Waals surface area contributed by atoms with Gasteiger partial charge in [-0.2, -0.15) is 0 Å². The minimum atomic E-state index is -1.19. The van der Waals surface area contributed by atoms with Gasteiger partial charge in [-0.05, 0) is 36.1 Å². The summed E-state index contributed by atoms with van der Waals surface area (Å²) in [6, 6.07) is 13.0. The fourth-order valence-electron chi connectivity index (χ4n) is 4.18. The number of rotatable bonds is 8. The van der Waals surface area contributed by atoms with Gasteiger partial charge in [0, 0.05) is 13.0 Å². The summed E-state index contributed by atoms with van der Waals surface area (Å²) in [6.07, 6.45) is 0.775. The lowest BCUT2D eigenvalue weighted by atomic mass is 9.88. The van der Waals surface area contributed by atoms with Crippen LogP contribution in [0.1, 0.15) is 24.0 Å². The van der Waals surface area contributed by atoms with Crippen molar-refractivity contribution in [2.24, 2.45) is 0 Å². The normalized spacial score (nSPS) is 17.6. The van der Waals surface area contributed by atoms with E-state index >= 15 is 0 Å². The highest BCUT2D eigenvalue weighted by molar-refractivity contribution is 5.87. The molecule has 172 valence electrons. The number of amides is 1. The fraction of sp³-hybridized carbons (Fsp3) is 0.417. The van der Waals surface area contributed by atoms with E-state index in [1.54, 1.807) is 12.1 Å². The summed E-state index contributed by atoms with van der Waals surface area (Å²) in [7, 11) is 5.91. The highest BCUT2D eigenvalue weighted by Gasteiger charge is 2.51.